The summed E-state index contributed by atoms with van der Waals surface area (Å²) in [6.07, 6.45) is 6.82. The van der Waals surface area contributed by atoms with Gasteiger partial charge in [0, 0.05) is 5.41 Å². The molecule has 0 N–H and O–H groups in total. The van der Waals surface area contributed by atoms with E-state index in [0.717, 1.165) is 19.1 Å². The van der Waals surface area contributed by atoms with Crippen molar-refractivity contribution in [3.8, 4) is 0 Å². The van der Waals surface area contributed by atoms with E-state index in [4.69, 9.17) is 0 Å². The van der Waals surface area contributed by atoms with Crippen LogP contribution in [0.4, 0.5) is 0 Å². The minimum atomic E-state index is -0.0465. The zero-order chi connectivity index (χ0) is 8.74. The van der Waals surface area contributed by atoms with Crippen molar-refractivity contribution in [2.45, 2.75) is 52.9 Å². The van der Waals surface area contributed by atoms with Gasteiger partial charge in [0.15, 0.2) is 0 Å². The van der Waals surface area contributed by atoms with Gasteiger partial charge >= 0.3 is 0 Å². The van der Waals surface area contributed by atoms with Gasteiger partial charge in [-0.1, -0.05) is 40.0 Å². The van der Waals surface area contributed by atoms with Crippen LogP contribution in [0.5, 0.6) is 0 Å². The predicted molar refractivity (Wildman–Crippen MR) is 48.6 cm³/mol. The second kappa shape index (κ2) is 5.34. The van der Waals surface area contributed by atoms with Gasteiger partial charge in [0.2, 0.25) is 0 Å². The topological polar surface area (TPSA) is 17.1 Å². The first kappa shape index (κ1) is 10.7. The van der Waals surface area contributed by atoms with Gasteiger partial charge in [-0.05, 0) is 12.8 Å². The molecule has 0 heterocycles. The number of rotatable bonds is 6. The summed E-state index contributed by atoms with van der Waals surface area (Å²) < 4.78 is 0. The molecule has 0 radical (unpaired) electrons. The average molecular weight is 156 g/mol. The highest BCUT2D eigenvalue weighted by atomic mass is 16.1. The van der Waals surface area contributed by atoms with E-state index in [2.05, 4.69) is 20.8 Å². The van der Waals surface area contributed by atoms with E-state index in [9.17, 15) is 4.79 Å². The highest BCUT2D eigenvalue weighted by molar-refractivity contribution is 5.58. The normalized spacial score (nSPS) is 15.9. The fraction of sp³-hybridized carbons (Fsp3) is 0.900. The van der Waals surface area contributed by atoms with E-state index in [1.807, 2.05) is 0 Å². The van der Waals surface area contributed by atoms with E-state index in [1.54, 1.807) is 0 Å². The molecule has 0 fully saturated rings. The molecule has 0 saturated carbocycles. The van der Waals surface area contributed by atoms with E-state index < -0.39 is 0 Å². The number of hydrogen-bond donors (Lipinski definition) is 0. The minimum Gasteiger partial charge on any atom is -0.303 e. The third kappa shape index (κ3) is 4.18. The molecule has 0 spiro atoms. The molecule has 0 bridgehead atoms. The fourth-order valence-corrected chi connectivity index (χ4v) is 1.10. The Labute approximate surface area is 70.2 Å². The SMILES string of the molecule is CCCCCC(C)(C=O)CC. The Morgan fingerprint density at radius 3 is 2.27 bits per heavy atom. The lowest BCUT2D eigenvalue weighted by Gasteiger charge is -2.20. The van der Waals surface area contributed by atoms with Crippen LogP contribution in [0.3, 0.4) is 0 Å². The molecular weight excluding hydrogens is 136 g/mol. The van der Waals surface area contributed by atoms with Gasteiger partial charge < -0.3 is 4.79 Å². The summed E-state index contributed by atoms with van der Waals surface area (Å²) in [5.74, 6) is 0. The highest BCUT2D eigenvalue weighted by Gasteiger charge is 2.19. The second-order valence-electron chi connectivity index (χ2n) is 3.58. The van der Waals surface area contributed by atoms with Crippen LogP contribution in [0.1, 0.15) is 52.9 Å². The molecule has 1 unspecified atom stereocenters. The lowest BCUT2D eigenvalue weighted by atomic mass is 9.84. The fourth-order valence-electron chi connectivity index (χ4n) is 1.10. The largest absolute Gasteiger partial charge is 0.303 e. The number of carbonyl (C=O) groups excluding carboxylic acids is 1. The third-order valence-corrected chi connectivity index (χ3v) is 2.44. The van der Waals surface area contributed by atoms with Gasteiger partial charge in [-0.2, -0.15) is 0 Å². The summed E-state index contributed by atoms with van der Waals surface area (Å²) in [4.78, 5) is 10.7. The number of aldehydes is 1. The summed E-state index contributed by atoms with van der Waals surface area (Å²) in [5, 5.41) is 0. The van der Waals surface area contributed by atoms with Crippen molar-refractivity contribution in [2.24, 2.45) is 5.41 Å². The molecule has 0 saturated heterocycles. The number of hydrogen-bond acceptors (Lipinski definition) is 1. The summed E-state index contributed by atoms with van der Waals surface area (Å²) in [7, 11) is 0. The van der Waals surface area contributed by atoms with Crippen molar-refractivity contribution in [1.82, 2.24) is 0 Å². The first-order valence-corrected chi connectivity index (χ1v) is 4.65. The molecule has 0 aliphatic heterocycles. The molecule has 0 aromatic rings. The molecule has 11 heavy (non-hydrogen) atoms. The van der Waals surface area contributed by atoms with Crippen LogP contribution < -0.4 is 0 Å². The smallest absolute Gasteiger partial charge is 0.125 e. The van der Waals surface area contributed by atoms with E-state index >= 15 is 0 Å². The lowest BCUT2D eigenvalue weighted by molar-refractivity contribution is -0.116. The summed E-state index contributed by atoms with van der Waals surface area (Å²) >= 11 is 0. The second-order valence-corrected chi connectivity index (χ2v) is 3.58. The Hall–Kier alpha value is -0.330. The lowest BCUT2D eigenvalue weighted by Crippen LogP contribution is -2.16. The maximum absolute atomic E-state index is 10.7. The maximum atomic E-state index is 10.7. The van der Waals surface area contributed by atoms with Crippen molar-refractivity contribution in [1.29, 1.82) is 0 Å². The Morgan fingerprint density at radius 1 is 1.27 bits per heavy atom. The molecule has 0 aromatic heterocycles. The predicted octanol–water partition coefficient (Wildman–Crippen LogP) is 3.18. The average Bonchev–Trinajstić information content (AvgIpc) is 2.05. The van der Waals surface area contributed by atoms with Crippen LogP contribution in [-0.2, 0) is 4.79 Å². The molecule has 1 nitrogen and oxygen atoms in total. The van der Waals surface area contributed by atoms with Crippen LogP contribution in [0.2, 0.25) is 0 Å². The molecule has 0 amide bonds. The molecule has 0 aliphatic carbocycles. The molecule has 1 heteroatoms. The van der Waals surface area contributed by atoms with Crippen molar-refractivity contribution in [3.63, 3.8) is 0 Å². The zero-order valence-electron chi connectivity index (χ0n) is 8.02. The Morgan fingerprint density at radius 2 is 1.91 bits per heavy atom. The zero-order valence-corrected chi connectivity index (χ0v) is 8.02. The molecular formula is C10H20O. The molecule has 0 rings (SSSR count). The van der Waals surface area contributed by atoms with Gasteiger partial charge in [-0.3, -0.25) is 0 Å². The third-order valence-electron chi connectivity index (χ3n) is 2.44. The molecule has 0 aromatic carbocycles. The van der Waals surface area contributed by atoms with Gasteiger partial charge in [-0.25, -0.2) is 0 Å². The maximum Gasteiger partial charge on any atom is 0.125 e. The molecule has 0 aliphatic rings. The van der Waals surface area contributed by atoms with Crippen LogP contribution in [-0.4, -0.2) is 6.29 Å². The van der Waals surface area contributed by atoms with Gasteiger partial charge in [0.25, 0.3) is 0 Å². The summed E-state index contributed by atoms with van der Waals surface area (Å²) in [6, 6.07) is 0. The van der Waals surface area contributed by atoms with Crippen LogP contribution in [0, 0.1) is 5.41 Å². The van der Waals surface area contributed by atoms with Crippen molar-refractivity contribution < 1.29 is 4.79 Å². The van der Waals surface area contributed by atoms with Crippen molar-refractivity contribution >= 4 is 6.29 Å². The molecule has 66 valence electrons. The van der Waals surface area contributed by atoms with Crippen molar-refractivity contribution in [3.05, 3.63) is 0 Å². The molecule has 1 atom stereocenters. The Bertz CT molecular complexity index is 109. The monoisotopic (exact) mass is 156 g/mol. The quantitative estimate of drug-likeness (QED) is 0.426. The van der Waals surface area contributed by atoms with E-state index in [1.165, 1.54) is 19.3 Å². The Balaban J connectivity index is 3.60. The van der Waals surface area contributed by atoms with Gasteiger partial charge in [0.1, 0.15) is 6.29 Å². The minimum absolute atomic E-state index is 0.0465. The Kier molecular flexibility index (Phi) is 5.18. The van der Waals surface area contributed by atoms with Crippen LogP contribution >= 0.6 is 0 Å². The van der Waals surface area contributed by atoms with Gasteiger partial charge in [0.05, 0.1) is 0 Å². The van der Waals surface area contributed by atoms with E-state index in [-0.39, 0.29) is 5.41 Å². The first-order valence-electron chi connectivity index (χ1n) is 4.65. The van der Waals surface area contributed by atoms with E-state index in [0.29, 0.717) is 0 Å². The van der Waals surface area contributed by atoms with Crippen molar-refractivity contribution in [2.75, 3.05) is 0 Å². The number of unbranched alkanes of at least 4 members (excludes halogenated alkanes) is 2. The highest BCUT2D eigenvalue weighted by Crippen LogP contribution is 2.25. The number of carbonyl (C=O) groups is 1. The van der Waals surface area contributed by atoms with Crippen LogP contribution in [0.15, 0.2) is 0 Å². The standard InChI is InChI=1S/C10H20O/c1-4-6-7-8-10(3,5-2)9-11/h9H,4-8H2,1-3H3. The van der Waals surface area contributed by atoms with Gasteiger partial charge in [-0.15, -0.1) is 0 Å². The summed E-state index contributed by atoms with van der Waals surface area (Å²) in [6.45, 7) is 6.32. The first-order chi connectivity index (χ1) is 5.18. The summed E-state index contributed by atoms with van der Waals surface area (Å²) in [5.41, 5.74) is -0.0465. The van der Waals surface area contributed by atoms with Crippen LogP contribution in [0.25, 0.3) is 0 Å².